The van der Waals surface area contributed by atoms with Crippen LogP contribution in [0.3, 0.4) is 0 Å². The van der Waals surface area contributed by atoms with E-state index in [0.717, 1.165) is 16.9 Å². The van der Waals surface area contributed by atoms with Crippen molar-refractivity contribution in [3.8, 4) is 0 Å². The maximum Gasteiger partial charge on any atom is 0.249 e. The van der Waals surface area contributed by atoms with E-state index in [1.165, 1.54) is 0 Å². The molecule has 0 spiro atoms. The molecule has 2 aromatic carbocycles. The summed E-state index contributed by atoms with van der Waals surface area (Å²) in [6, 6.07) is 12.9. The van der Waals surface area contributed by atoms with E-state index >= 15 is 0 Å². The third-order valence-corrected chi connectivity index (χ3v) is 3.70. The zero-order valence-electron chi connectivity index (χ0n) is 12.2. The summed E-state index contributed by atoms with van der Waals surface area (Å²) in [4.78, 5) is 4.38. The third-order valence-electron chi connectivity index (χ3n) is 3.13. The van der Waals surface area contributed by atoms with Crippen LogP contribution in [0.25, 0.3) is 0 Å². The summed E-state index contributed by atoms with van der Waals surface area (Å²) in [5, 5.41) is 15.4. The number of aromatic nitrogens is 3. The number of nitrogens with zero attached hydrogens (tertiary/aromatic N) is 3. The van der Waals surface area contributed by atoms with Crippen LogP contribution in [0.2, 0.25) is 10.0 Å². The highest BCUT2D eigenvalue weighted by Gasteiger charge is 2.06. The van der Waals surface area contributed by atoms with E-state index in [2.05, 4.69) is 25.8 Å². The minimum atomic E-state index is 0.356. The van der Waals surface area contributed by atoms with Gasteiger partial charge in [0.05, 0.1) is 16.9 Å². The molecule has 0 atom stereocenters. The first kappa shape index (κ1) is 15.5. The Hall–Kier alpha value is -2.37. The van der Waals surface area contributed by atoms with E-state index in [0.29, 0.717) is 21.8 Å². The van der Waals surface area contributed by atoms with Crippen molar-refractivity contribution in [1.82, 2.24) is 15.2 Å². The molecule has 23 heavy (non-hydrogen) atoms. The number of aryl methyl sites for hydroxylation is 1. The minimum Gasteiger partial charge on any atom is -0.339 e. The van der Waals surface area contributed by atoms with Gasteiger partial charge in [-0.25, -0.2) is 0 Å². The Balaban J connectivity index is 1.81. The molecule has 3 aromatic rings. The highest BCUT2D eigenvalue weighted by Crippen LogP contribution is 2.25. The molecule has 0 saturated heterocycles. The lowest BCUT2D eigenvalue weighted by Crippen LogP contribution is -2.03. The Morgan fingerprint density at radius 2 is 1.78 bits per heavy atom. The number of nitrogens with one attached hydrogen (secondary N) is 2. The Morgan fingerprint density at radius 1 is 0.957 bits per heavy atom. The highest BCUT2D eigenvalue weighted by atomic mass is 35.5. The van der Waals surface area contributed by atoms with E-state index in [-0.39, 0.29) is 0 Å². The van der Waals surface area contributed by atoms with Gasteiger partial charge < -0.3 is 10.6 Å². The lowest BCUT2D eigenvalue weighted by atomic mass is 10.2. The topological polar surface area (TPSA) is 62.7 Å². The summed E-state index contributed by atoms with van der Waals surface area (Å²) < 4.78 is 0. The largest absolute Gasteiger partial charge is 0.339 e. The van der Waals surface area contributed by atoms with E-state index in [4.69, 9.17) is 23.2 Å². The number of rotatable bonds is 4. The van der Waals surface area contributed by atoms with Crippen LogP contribution in [0.5, 0.6) is 0 Å². The lowest BCUT2D eigenvalue weighted by molar-refractivity contribution is 0.982. The molecule has 0 radical (unpaired) electrons. The van der Waals surface area contributed by atoms with Gasteiger partial charge in [0.25, 0.3) is 0 Å². The smallest absolute Gasteiger partial charge is 0.249 e. The molecule has 0 amide bonds. The van der Waals surface area contributed by atoms with Crippen LogP contribution in [0.4, 0.5) is 23.1 Å². The third kappa shape index (κ3) is 3.88. The number of halogens is 2. The summed E-state index contributed by atoms with van der Waals surface area (Å²) in [5.41, 5.74) is 2.63. The van der Waals surface area contributed by atoms with Crippen molar-refractivity contribution in [2.75, 3.05) is 10.6 Å². The van der Waals surface area contributed by atoms with E-state index < -0.39 is 0 Å². The zero-order chi connectivity index (χ0) is 16.2. The fourth-order valence-corrected chi connectivity index (χ4v) is 2.41. The predicted molar refractivity (Wildman–Crippen MR) is 94.0 cm³/mol. The predicted octanol–water partition coefficient (Wildman–Crippen LogP) is 4.97. The Morgan fingerprint density at radius 3 is 2.57 bits per heavy atom. The van der Waals surface area contributed by atoms with Crippen LogP contribution in [-0.2, 0) is 0 Å². The van der Waals surface area contributed by atoms with Gasteiger partial charge in [-0.05, 0) is 42.8 Å². The van der Waals surface area contributed by atoms with Crippen LogP contribution in [0.15, 0.2) is 48.7 Å². The first-order valence-electron chi connectivity index (χ1n) is 6.86. The monoisotopic (exact) mass is 345 g/mol. The van der Waals surface area contributed by atoms with E-state index in [1.54, 1.807) is 12.3 Å². The molecule has 0 aliphatic carbocycles. The first-order valence-corrected chi connectivity index (χ1v) is 7.62. The second-order valence-electron chi connectivity index (χ2n) is 4.85. The van der Waals surface area contributed by atoms with Gasteiger partial charge >= 0.3 is 0 Å². The molecule has 1 aromatic heterocycles. The van der Waals surface area contributed by atoms with Gasteiger partial charge in [-0.3, -0.25) is 0 Å². The van der Waals surface area contributed by atoms with Gasteiger partial charge in [-0.2, -0.15) is 10.1 Å². The van der Waals surface area contributed by atoms with E-state index in [9.17, 15) is 0 Å². The van der Waals surface area contributed by atoms with Crippen molar-refractivity contribution in [2.45, 2.75) is 6.92 Å². The van der Waals surface area contributed by atoms with Crippen molar-refractivity contribution in [1.29, 1.82) is 0 Å². The molecular weight excluding hydrogens is 333 g/mol. The van der Waals surface area contributed by atoms with Crippen molar-refractivity contribution < 1.29 is 0 Å². The molecule has 3 rings (SSSR count). The van der Waals surface area contributed by atoms with Gasteiger partial charge in [-0.1, -0.05) is 35.3 Å². The maximum absolute atomic E-state index is 6.11. The molecule has 2 N–H and O–H groups in total. The highest BCUT2D eigenvalue weighted by molar-refractivity contribution is 6.33. The molecular formula is C16H13Cl2N5. The van der Waals surface area contributed by atoms with Gasteiger partial charge in [-0.15, -0.1) is 5.10 Å². The SMILES string of the molecule is Cc1cc(Cl)ccc1Nc1cnnc(Nc2ccccc2Cl)n1. The molecule has 0 saturated carbocycles. The molecule has 0 aliphatic heterocycles. The molecule has 0 bridgehead atoms. The standard InChI is InChI=1S/C16H13Cl2N5/c1-10-8-11(17)6-7-13(10)20-15-9-19-23-16(22-15)21-14-5-3-2-4-12(14)18/h2-9H,1H3,(H2,20,21,22,23). The summed E-state index contributed by atoms with van der Waals surface area (Å²) in [7, 11) is 0. The van der Waals surface area contributed by atoms with Gasteiger partial charge in [0.2, 0.25) is 5.95 Å². The Bertz CT molecular complexity index is 838. The Kier molecular flexibility index (Phi) is 4.60. The summed E-state index contributed by atoms with van der Waals surface area (Å²) >= 11 is 12.1. The Labute approximate surface area is 143 Å². The second-order valence-corrected chi connectivity index (χ2v) is 5.70. The van der Waals surface area contributed by atoms with Gasteiger partial charge in [0, 0.05) is 10.7 Å². The molecule has 116 valence electrons. The quantitative estimate of drug-likeness (QED) is 0.698. The molecule has 7 heteroatoms. The van der Waals surface area contributed by atoms with Crippen LogP contribution < -0.4 is 10.6 Å². The van der Waals surface area contributed by atoms with Crippen molar-refractivity contribution >= 4 is 46.3 Å². The molecule has 0 aliphatic rings. The molecule has 1 heterocycles. The van der Waals surface area contributed by atoms with Crippen LogP contribution in [0, 0.1) is 6.92 Å². The van der Waals surface area contributed by atoms with Crippen LogP contribution in [-0.4, -0.2) is 15.2 Å². The van der Waals surface area contributed by atoms with Crippen LogP contribution >= 0.6 is 23.2 Å². The number of benzene rings is 2. The average molecular weight is 346 g/mol. The summed E-state index contributed by atoms with van der Waals surface area (Å²) in [5.74, 6) is 0.926. The van der Waals surface area contributed by atoms with Crippen molar-refractivity contribution in [3.05, 3.63) is 64.3 Å². The van der Waals surface area contributed by atoms with Crippen molar-refractivity contribution in [3.63, 3.8) is 0 Å². The second kappa shape index (κ2) is 6.81. The number of para-hydroxylation sites is 1. The summed E-state index contributed by atoms with van der Waals surface area (Å²) in [6.07, 6.45) is 1.55. The van der Waals surface area contributed by atoms with Crippen LogP contribution in [0.1, 0.15) is 5.56 Å². The zero-order valence-corrected chi connectivity index (χ0v) is 13.7. The molecule has 0 unspecified atom stereocenters. The molecule has 5 nitrogen and oxygen atoms in total. The van der Waals surface area contributed by atoms with E-state index in [1.807, 2.05) is 43.3 Å². The lowest BCUT2D eigenvalue weighted by Gasteiger charge is -2.10. The maximum atomic E-state index is 6.11. The fourth-order valence-electron chi connectivity index (χ4n) is 2.01. The average Bonchev–Trinajstić information content (AvgIpc) is 2.53. The fraction of sp³-hybridized carbons (Fsp3) is 0.0625. The molecule has 0 fully saturated rings. The first-order chi connectivity index (χ1) is 11.1. The van der Waals surface area contributed by atoms with Gasteiger partial charge in [0.1, 0.15) is 0 Å². The normalized spacial score (nSPS) is 10.4. The van der Waals surface area contributed by atoms with Crippen molar-refractivity contribution in [2.24, 2.45) is 0 Å². The number of hydrogen-bond donors (Lipinski definition) is 2. The van der Waals surface area contributed by atoms with Gasteiger partial charge in [0.15, 0.2) is 5.82 Å². The number of hydrogen-bond acceptors (Lipinski definition) is 5. The minimum absolute atomic E-state index is 0.356. The number of anilines is 4. The summed E-state index contributed by atoms with van der Waals surface area (Å²) in [6.45, 7) is 1.96.